The van der Waals surface area contributed by atoms with E-state index < -0.39 is 26.3 Å². The number of thioether (sulfide) groups is 1. The first-order valence-electron chi connectivity index (χ1n) is 13.8. The molecule has 0 spiro atoms. The molecule has 0 unspecified atom stereocenters. The summed E-state index contributed by atoms with van der Waals surface area (Å²) in [5.74, 6) is -0.899. The molecule has 224 valence electrons. The first-order valence-corrected chi connectivity index (χ1v) is 16.6. The van der Waals surface area contributed by atoms with E-state index in [0.29, 0.717) is 42.9 Å². The Hall–Kier alpha value is -3.96. The summed E-state index contributed by atoms with van der Waals surface area (Å²) in [6, 6.07) is 17.1. The molecule has 43 heavy (non-hydrogen) atoms. The number of carbonyl (C=O) groups excluding carboxylic acids is 2. The molecule has 2 amide bonds. The van der Waals surface area contributed by atoms with Crippen LogP contribution in [0, 0.1) is 12.7 Å². The molecule has 0 atom stereocenters. The zero-order valence-corrected chi connectivity index (χ0v) is 25.9. The van der Waals surface area contributed by atoms with E-state index in [4.69, 9.17) is 0 Å². The molecule has 1 aliphatic carbocycles. The van der Waals surface area contributed by atoms with Crippen LogP contribution in [0.25, 0.3) is 4.91 Å². The van der Waals surface area contributed by atoms with E-state index >= 15 is 0 Å². The lowest BCUT2D eigenvalue weighted by Crippen LogP contribution is -2.33. The normalized spacial score (nSPS) is 15.8. The Morgan fingerprint density at radius 2 is 1.79 bits per heavy atom. The molecule has 8 nitrogen and oxygen atoms in total. The quantitative estimate of drug-likeness (QED) is 0.275. The highest BCUT2D eigenvalue weighted by atomic mass is 32.2. The average Bonchev–Trinajstić information content (AvgIpc) is 3.79. The van der Waals surface area contributed by atoms with Crippen molar-refractivity contribution < 1.29 is 22.4 Å². The maximum absolute atomic E-state index is 14.3. The van der Waals surface area contributed by atoms with Gasteiger partial charge in [0.25, 0.3) is 11.8 Å². The molecule has 2 aliphatic rings. The Morgan fingerprint density at radius 1 is 1.07 bits per heavy atom. The molecule has 2 N–H and O–H groups in total. The largest absolute Gasteiger partial charge is 0.368 e. The van der Waals surface area contributed by atoms with E-state index in [9.17, 15) is 22.4 Å². The van der Waals surface area contributed by atoms with Crippen molar-refractivity contribution in [1.29, 1.82) is 0 Å². The smallest absolute Gasteiger partial charge is 0.276 e. The number of anilines is 3. The van der Waals surface area contributed by atoms with Gasteiger partial charge in [-0.05, 0) is 62.9 Å². The Morgan fingerprint density at radius 3 is 2.49 bits per heavy atom. The van der Waals surface area contributed by atoms with Crippen molar-refractivity contribution >= 4 is 55.5 Å². The Balaban J connectivity index is 1.35. The van der Waals surface area contributed by atoms with Crippen LogP contribution in [-0.2, 0) is 14.6 Å². The van der Waals surface area contributed by atoms with Crippen molar-refractivity contribution in [3.63, 3.8) is 0 Å². The Kier molecular flexibility index (Phi) is 8.49. The summed E-state index contributed by atoms with van der Waals surface area (Å²) in [7, 11) is -3.21. The van der Waals surface area contributed by atoms with Crippen LogP contribution in [0.1, 0.15) is 47.8 Å². The first kappa shape index (κ1) is 30.5. The fourth-order valence-corrected chi connectivity index (χ4v) is 7.13. The predicted octanol–water partition coefficient (Wildman–Crippen LogP) is 6.19. The van der Waals surface area contributed by atoms with Gasteiger partial charge in [-0.2, -0.15) is 0 Å². The number of amides is 2. The lowest BCUT2D eigenvalue weighted by molar-refractivity contribution is -0.112. The lowest BCUT2D eigenvalue weighted by Gasteiger charge is -2.23. The van der Waals surface area contributed by atoms with Gasteiger partial charge >= 0.3 is 0 Å². The van der Waals surface area contributed by atoms with Crippen molar-refractivity contribution in [3.8, 4) is 0 Å². The number of fused-ring (bicyclic) bond motifs is 1. The van der Waals surface area contributed by atoms with E-state index in [2.05, 4.69) is 22.2 Å². The number of benzene rings is 2. The molecule has 0 radical (unpaired) electrons. The molecule has 0 saturated heterocycles. The number of hydrogen-bond acceptors (Lipinski definition) is 7. The second-order valence-corrected chi connectivity index (χ2v) is 14.5. The van der Waals surface area contributed by atoms with Crippen molar-refractivity contribution in [1.82, 2.24) is 4.98 Å². The maximum atomic E-state index is 14.3. The molecular weight excluding hydrogens is 588 g/mol. The third kappa shape index (κ3) is 6.37. The number of carbonyl (C=O) groups is 2. The summed E-state index contributed by atoms with van der Waals surface area (Å²) in [6.07, 6.45) is 3.00. The summed E-state index contributed by atoms with van der Waals surface area (Å²) >= 11 is 1.19. The summed E-state index contributed by atoms with van der Waals surface area (Å²) in [4.78, 5) is 34.0. The highest BCUT2D eigenvalue weighted by Crippen LogP contribution is 2.44. The second kappa shape index (κ2) is 12.0. The molecule has 3 aromatic rings. The van der Waals surface area contributed by atoms with Gasteiger partial charge < -0.3 is 15.5 Å². The fourth-order valence-electron chi connectivity index (χ4n) is 5.00. The summed E-state index contributed by atoms with van der Waals surface area (Å²) in [6.45, 7) is 8.26. The number of nitrogens with one attached hydrogen (secondary N) is 2. The van der Waals surface area contributed by atoms with Crippen LogP contribution >= 0.6 is 11.8 Å². The minimum atomic E-state index is -3.21. The van der Waals surface area contributed by atoms with Gasteiger partial charge in [0.05, 0.1) is 21.0 Å². The van der Waals surface area contributed by atoms with E-state index in [-0.39, 0.29) is 28.7 Å². The molecule has 1 aromatic heterocycles. The maximum Gasteiger partial charge on any atom is 0.276 e. The molecule has 1 aliphatic heterocycles. The molecule has 5 rings (SSSR count). The Bertz CT molecular complexity index is 1750. The van der Waals surface area contributed by atoms with E-state index in [1.54, 1.807) is 42.2 Å². The van der Waals surface area contributed by atoms with Gasteiger partial charge in [-0.3, -0.25) is 9.59 Å². The highest BCUT2D eigenvalue weighted by Gasteiger charge is 2.51. The number of pyridine rings is 1. The topological polar surface area (TPSA) is 108 Å². The number of halogens is 1. The van der Waals surface area contributed by atoms with Gasteiger partial charge in [0.15, 0.2) is 9.84 Å². The van der Waals surface area contributed by atoms with E-state index in [1.165, 1.54) is 24.1 Å². The highest BCUT2D eigenvalue weighted by molar-refractivity contribution is 8.12. The van der Waals surface area contributed by atoms with Gasteiger partial charge in [-0.1, -0.05) is 60.3 Å². The van der Waals surface area contributed by atoms with Crippen molar-refractivity contribution in [2.75, 3.05) is 34.9 Å². The SMILES string of the molecule is C=C(SC1=C(C)CCN(C(=O)c2cccc(NCC3(S(C)(=O)=O)CC3)n2)c2ccccc21)C(=O)Nc1c(C)cccc1F. The number of aryl methyl sites for hydroxylation is 1. The number of hydrogen-bond donors (Lipinski definition) is 2. The lowest BCUT2D eigenvalue weighted by atomic mass is 10.1. The fraction of sp³-hybridized carbons (Fsp3) is 0.281. The van der Waals surface area contributed by atoms with Crippen LogP contribution in [0.15, 0.2) is 77.7 Å². The second-order valence-electron chi connectivity index (χ2n) is 11.0. The first-order chi connectivity index (χ1) is 20.4. The molecule has 1 saturated carbocycles. The minimum absolute atomic E-state index is 0.117. The van der Waals surface area contributed by atoms with Crippen LogP contribution in [0.4, 0.5) is 21.6 Å². The monoisotopic (exact) mass is 620 g/mol. The molecule has 2 aromatic carbocycles. The number of aromatic nitrogens is 1. The van der Waals surface area contributed by atoms with Gasteiger partial charge in [0.1, 0.15) is 17.3 Å². The number of sulfone groups is 1. The number of para-hydroxylation sites is 2. The van der Waals surface area contributed by atoms with Gasteiger partial charge in [-0.15, -0.1) is 0 Å². The predicted molar refractivity (Wildman–Crippen MR) is 171 cm³/mol. The zero-order chi connectivity index (χ0) is 30.9. The summed E-state index contributed by atoms with van der Waals surface area (Å²) in [5.41, 5.74) is 3.35. The Labute approximate surface area is 255 Å². The van der Waals surface area contributed by atoms with E-state index in [1.807, 2.05) is 31.2 Å². The van der Waals surface area contributed by atoms with E-state index in [0.717, 1.165) is 16.0 Å². The molecule has 2 heterocycles. The standard InChI is InChI=1S/C32H33FN4O4S2/c1-20-9-7-11-24(33)28(20)36-30(38)22(3)42-29-21(2)15-18-37(26-13-6-5-10-23(26)29)31(39)25-12-8-14-27(35-25)34-19-32(16-17-32)43(4,40)41/h5-14H,3,15-19H2,1-2,4H3,(H,34,35)(H,36,38). The van der Waals surface area contributed by atoms with Crippen molar-refractivity contribution in [2.45, 2.75) is 37.9 Å². The van der Waals surface area contributed by atoms with Crippen molar-refractivity contribution in [3.05, 3.63) is 100 Å². The molecule has 1 fully saturated rings. The summed E-state index contributed by atoms with van der Waals surface area (Å²) in [5, 5.41) is 5.75. The number of rotatable bonds is 9. The van der Waals surface area contributed by atoms with Crippen LogP contribution in [0.5, 0.6) is 0 Å². The third-order valence-electron chi connectivity index (χ3n) is 7.88. The average molecular weight is 621 g/mol. The molecule has 11 heteroatoms. The van der Waals surface area contributed by atoms with Crippen LogP contribution in [0.2, 0.25) is 0 Å². The van der Waals surface area contributed by atoms with Gasteiger partial charge in [0.2, 0.25) is 0 Å². The molecular formula is C32H33FN4O4S2. The number of nitrogens with zero attached hydrogens (tertiary/aromatic N) is 2. The minimum Gasteiger partial charge on any atom is -0.368 e. The van der Waals surface area contributed by atoms with Crippen LogP contribution in [-0.4, -0.2) is 49.3 Å². The van der Waals surface area contributed by atoms with Gasteiger partial charge in [0, 0.05) is 29.8 Å². The summed E-state index contributed by atoms with van der Waals surface area (Å²) < 4.78 is 37.9. The zero-order valence-electron chi connectivity index (χ0n) is 24.2. The van der Waals surface area contributed by atoms with Crippen molar-refractivity contribution in [2.24, 2.45) is 0 Å². The van der Waals surface area contributed by atoms with Crippen LogP contribution < -0.4 is 15.5 Å². The van der Waals surface area contributed by atoms with Crippen LogP contribution in [0.3, 0.4) is 0 Å². The molecule has 0 bridgehead atoms. The van der Waals surface area contributed by atoms with Gasteiger partial charge in [-0.25, -0.2) is 17.8 Å². The third-order valence-corrected chi connectivity index (χ3v) is 11.2.